The highest BCUT2D eigenvalue weighted by molar-refractivity contribution is 4.86. The zero-order valence-corrected chi connectivity index (χ0v) is 6.42. The Balaban J connectivity index is 2.01. The van der Waals surface area contributed by atoms with Crippen molar-refractivity contribution in [1.82, 2.24) is 0 Å². The van der Waals surface area contributed by atoms with Crippen LogP contribution in [0.15, 0.2) is 0 Å². The molecule has 0 aliphatic heterocycles. The van der Waals surface area contributed by atoms with Crippen LogP contribution in [-0.2, 0) is 0 Å². The third-order valence-electron chi connectivity index (χ3n) is 3.30. The van der Waals surface area contributed by atoms with Gasteiger partial charge in [-0.2, -0.15) is 0 Å². The summed E-state index contributed by atoms with van der Waals surface area (Å²) < 4.78 is 0. The van der Waals surface area contributed by atoms with Crippen LogP contribution in [0.5, 0.6) is 0 Å². The first-order valence-electron chi connectivity index (χ1n) is 4.56. The van der Waals surface area contributed by atoms with Crippen LogP contribution in [0.3, 0.4) is 0 Å². The molecule has 2 fully saturated rings. The number of aliphatic hydroxyl groups excluding tert-OH is 1. The van der Waals surface area contributed by atoms with Gasteiger partial charge in [-0.15, -0.1) is 0 Å². The molecule has 3 atom stereocenters. The van der Waals surface area contributed by atoms with Crippen LogP contribution in [0, 0.1) is 11.8 Å². The Morgan fingerprint density at radius 2 is 1.70 bits per heavy atom. The maximum atomic E-state index is 9.52. The lowest BCUT2D eigenvalue weighted by atomic mass is 9.81. The Bertz CT molecular complexity index is 120. The molecule has 10 heavy (non-hydrogen) atoms. The van der Waals surface area contributed by atoms with Gasteiger partial charge in [0, 0.05) is 0 Å². The van der Waals surface area contributed by atoms with Gasteiger partial charge < -0.3 is 5.11 Å². The van der Waals surface area contributed by atoms with Crippen LogP contribution >= 0.6 is 0 Å². The van der Waals surface area contributed by atoms with Gasteiger partial charge in [-0.05, 0) is 31.1 Å². The van der Waals surface area contributed by atoms with Gasteiger partial charge in [-0.25, -0.2) is 0 Å². The molecule has 0 heterocycles. The lowest BCUT2D eigenvalue weighted by Gasteiger charge is -2.26. The number of hydrogen-bond acceptors (Lipinski definition) is 1. The van der Waals surface area contributed by atoms with Crippen molar-refractivity contribution in [3.63, 3.8) is 0 Å². The molecule has 2 aliphatic carbocycles. The molecule has 0 spiro atoms. The van der Waals surface area contributed by atoms with E-state index in [-0.39, 0.29) is 6.10 Å². The first-order chi connectivity index (χ1) is 4.88. The Morgan fingerprint density at radius 3 is 2.50 bits per heavy atom. The van der Waals surface area contributed by atoms with E-state index >= 15 is 0 Å². The molecule has 1 N–H and O–H groups in total. The fourth-order valence-electron chi connectivity index (χ4n) is 2.70. The van der Waals surface area contributed by atoms with E-state index < -0.39 is 0 Å². The quantitative estimate of drug-likeness (QED) is 0.545. The summed E-state index contributed by atoms with van der Waals surface area (Å²) in [7, 11) is 0. The fraction of sp³-hybridized carbons (Fsp3) is 1.00. The molecule has 0 radical (unpaired) electrons. The minimum atomic E-state index is 0.0605. The van der Waals surface area contributed by atoms with Crippen molar-refractivity contribution in [1.29, 1.82) is 0 Å². The van der Waals surface area contributed by atoms with Crippen molar-refractivity contribution >= 4 is 0 Å². The molecule has 0 saturated heterocycles. The van der Waals surface area contributed by atoms with Crippen molar-refractivity contribution in [2.24, 2.45) is 11.8 Å². The monoisotopic (exact) mass is 140 g/mol. The lowest BCUT2D eigenvalue weighted by Crippen LogP contribution is -2.22. The highest BCUT2D eigenvalue weighted by atomic mass is 16.3. The van der Waals surface area contributed by atoms with E-state index in [1.165, 1.54) is 32.1 Å². The first-order valence-corrected chi connectivity index (χ1v) is 4.56. The van der Waals surface area contributed by atoms with E-state index in [0.29, 0.717) is 5.92 Å². The predicted molar refractivity (Wildman–Crippen MR) is 40.7 cm³/mol. The minimum absolute atomic E-state index is 0.0605. The Hall–Kier alpha value is -0.0400. The smallest absolute Gasteiger partial charge is 0.0571 e. The summed E-state index contributed by atoms with van der Waals surface area (Å²) in [6.07, 6.45) is 7.89. The zero-order chi connectivity index (χ0) is 6.97. The molecule has 2 rings (SSSR count). The van der Waals surface area contributed by atoms with Crippen LogP contribution in [0.25, 0.3) is 0 Å². The Morgan fingerprint density at radius 1 is 0.900 bits per heavy atom. The molecule has 0 aromatic heterocycles. The predicted octanol–water partition coefficient (Wildman–Crippen LogP) is 1.95. The molecule has 2 saturated carbocycles. The van der Waals surface area contributed by atoms with Gasteiger partial charge in [0.05, 0.1) is 6.10 Å². The van der Waals surface area contributed by atoms with Gasteiger partial charge in [0.2, 0.25) is 0 Å². The Labute approximate surface area is 62.4 Å². The van der Waals surface area contributed by atoms with Crippen molar-refractivity contribution in [2.75, 3.05) is 0 Å². The minimum Gasteiger partial charge on any atom is -0.393 e. The van der Waals surface area contributed by atoms with Gasteiger partial charge >= 0.3 is 0 Å². The molecule has 0 aromatic rings. The second kappa shape index (κ2) is 2.54. The van der Waals surface area contributed by atoms with E-state index in [0.717, 1.165) is 12.3 Å². The molecular formula is C9H16O. The largest absolute Gasteiger partial charge is 0.393 e. The molecular weight excluding hydrogens is 124 g/mol. The maximum Gasteiger partial charge on any atom is 0.0571 e. The molecule has 0 aromatic carbocycles. The summed E-state index contributed by atoms with van der Waals surface area (Å²) >= 11 is 0. The fourth-order valence-corrected chi connectivity index (χ4v) is 2.70. The second-order valence-corrected chi connectivity index (χ2v) is 3.85. The van der Waals surface area contributed by atoms with E-state index in [4.69, 9.17) is 0 Å². The highest BCUT2D eigenvalue weighted by Crippen LogP contribution is 2.41. The molecule has 58 valence electrons. The van der Waals surface area contributed by atoms with Gasteiger partial charge in [0.25, 0.3) is 0 Å². The van der Waals surface area contributed by atoms with E-state index in [1.54, 1.807) is 0 Å². The molecule has 1 heteroatoms. The number of rotatable bonds is 0. The van der Waals surface area contributed by atoms with Gasteiger partial charge in [-0.1, -0.05) is 19.3 Å². The highest BCUT2D eigenvalue weighted by Gasteiger charge is 2.35. The SMILES string of the molecule is O[C@@H]1CC[C@H]2CCCC[C@@H]21. The number of fused-ring (bicyclic) bond motifs is 1. The molecule has 0 unspecified atom stereocenters. The third kappa shape index (κ3) is 0.968. The van der Waals surface area contributed by atoms with Crippen molar-refractivity contribution < 1.29 is 5.11 Å². The second-order valence-electron chi connectivity index (χ2n) is 3.85. The van der Waals surface area contributed by atoms with Gasteiger partial charge in [-0.3, -0.25) is 0 Å². The Kier molecular flexibility index (Phi) is 1.69. The van der Waals surface area contributed by atoms with Gasteiger partial charge in [0.1, 0.15) is 0 Å². The topological polar surface area (TPSA) is 20.2 Å². The van der Waals surface area contributed by atoms with Crippen LogP contribution in [0.2, 0.25) is 0 Å². The average molecular weight is 140 g/mol. The summed E-state index contributed by atoms with van der Waals surface area (Å²) in [5.41, 5.74) is 0. The van der Waals surface area contributed by atoms with Crippen molar-refractivity contribution in [2.45, 2.75) is 44.6 Å². The third-order valence-corrected chi connectivity index (χ3v) is 3.30. The van der Waals surface area contributed by atoms with Crippen LogP contribution in [0.4, 0.5) is 0 Å². The van der Waals surface area contributed by atoms with Crippen molar-refractivity contribution in [3.8, 4) is 0 Å². The van der Waals surface area contributed by atoms with E-state index in [9.17, 15) is 5.11 Å². The standard InChI is InChI=1S/C9H16O/c10-9-6-5-7-3-1-2-4-8(7)9/h7-10H,1-6H2/t7-,8+,9-/m1/s1. The zero-order valence-electron chi connectivity index (χ0n) is 6.42. The van der Waals surface area contributed by atoms with Crippen LogP contribution < -0.4 is 0 Å². The molecule has 2 aliphatic rings. The number of aliphatic hydroxyl groups is 1. The van der Waals surface area contributed by atoms with Crippen molar-refractivity contribution in [3.05, 3.63) is 0 Å². The summed E-state index contributed by atoms with van der Waals surface area (Å²) in [5.74, 6) is 1.58. The summed E-state index contributed by atoms with van der Waals surface area (Å²) in [6.45, 7) is 0. The number of hydrogen-bond donors (Lipinski definition) is 1. The van der Waals surface area contributed by atoms with E-state index in [2.05, 4.69) is 0 Å². The average Bonchev–Trinajstić information content (AvgIpc) is 2.34. The van der Waals surface area contributed by atoms with E-state index in [1.807, 2.05) is 0 Å². The summed E-state index contributed by atoms with van der Waals surface area (Å²) in [4.78, 5) is 0. The van der Waals surface area contributed by atoms with Gasteiger partial charge in [0.15, 0.2) is 0 Å². The normalized spacial score (nSPS) is 47.1. The maximum absolute atomic E-state index is 9.52. The summed E-state index contributed by atoms with van der Waals surface area (Å²) in [6, 6.07) is 0. The van der Waals surface area contributed by atoms with Crippen LogP contribution in [-0.4, -0.2) is 11.2 Å². The summed E-state index contributed by atoms with van der Waals surface area (Å²) in [5, 5.41) is 9.52. The molecule has 0 amide bonds. The molecule has 0 bridgehead atoms. The molecule has 1 nitrogen and oxygen atoms in total. The first kappa shape index (κ1) is 6.66. The van der Waals surface area contributed by atoms with Crippen LogP contribution in [0.1, 0.15) is 38.5 Å². The lowest BCUT2D eigenvalue weighted by molar-refractivity contribution is 0.0963.